The zero-order chi connectivity index (χ0) is 14.4. The van der Waals surface area contributed by atoms with Crippen LogP contribution in [0, 0.1) is 6.92 Å². The van der Waals surface area contributed by atoms with Gasteiger partial charge in [-0.3, -0.25) is 0 Å². The van der Waals surface area contributed by atoms with Gasteiger partial charge in [-0.25, -0.2) is 4.79 Å². The smallest absolute Gasteiger partial charge is 0.319 e. The van der Waals surface area contributed by atoms with Crippen molar-refractivity contribution in [1.82, 2.24) is 5.32 Å². The number of furan rings is 1. The predicted octanol–water partition coefficient (Wildman–Crippen LogP) is 2.83. The number of hydrogen-bond acceptors (Lipinski definition) is 3. The number of anilines is 1. The first kappa shape index (κ1) is 14.1. The molecular weight excluding hydrogens is 256 g/mol. The normalized spacial score (nSPS) is 11.9. The van der Waals surface area contributed by atoms with Crippen LogP contribution < -0.4 is 10.6 Å². The fourth-order valence-corrected chi connectivity index (χ4v) is 1.83. The van der Waals surface area contributed by atoms with Gasteiger partial charge in [0, 0.05) is 17.8 Å². The monoisotopic (exact) mass is 274 g/mol. The van der Waals surface area contributed by atoms with Crippen LogP contribution in [0.4, 0.5) is 10.5 Å². The van der Waals surface area contributed by atoms with Crippen LogP contribution in [0.1, 0.15) is 23.7 Å². The molecule has 0 aliphatic rings. The van der Waals surface area contributed by atoms with Gasteiger partial charge in [-0.15, -0.1) is 0 Å². The van der Waals surface area contributed by atoms with Gasteiger partial charge in [0.15, 0.2) is 0 Å². The Morgan fingerprint density at radius 1 is 1.35 bits per heavy atom. The van der Waals surface area contributed by atoms with Crippen molar-refractivity contribution in [1.29, 1.82) is 0 Å². The quantitative estimate of drug-likeness (QED) is 0.784. The van der Waals surface area contributed by atoms with Gasteiger partial charge >= 0.3 is 6.03 Å². The minimum atomic E-state index is -0.632. The number of carbonyl (C=O) groups excluding carboxylic acids is 1. The van der Waals surface area contributed by atoms with Crippen LogP contribution in [-0.2, 0) is 0 Å². The Morgan fingerprint density at radius 2 is 2.15 bits per heavy atom. The lowest BCUT2D eigenvalue weighted by Gasteiger charge is -2.11. The van der Waals surface area contributed by atoms with E-state index >= 15 is 0 Å². The number of urea groups is 1. The van der Waals surface area contributed by atoms with Gasteiger partial charge < -0.3 is 20.2 Å². The average molecular weight is 274 g/mol. The Balaban J connectivity index is 1.74. The Morgan fingerprint density at radius 3 is 2.85 bits per heavy atom. The van der Waals surface area contributed by atoms with Gasteiger partial charge in [-0.2, -0.15) is 0 Å². The van der Waals surface area contributed by atoms with Crippen LogP contribution in [0.5, 0.6) is 0 Å². The van der Waals surface area contributed by atoms with Crippen molar-refractivity contribution in [3.63, 3.8) is 0 Å². The highest BCUT2D eigenvalue weighted by molar-refractivity contribution is 5.89. The largest absolute Gasteiger partial charge is 0.472 e. The molecule has 1 heterocycles. The van der Waals surface area contributed by atoms with E-state index in [-0.39, 0.29) is 6.03 Å². The van der Waals surface area contributed by atoms with E-state index in [0.717, 1.165) is 11.3 Å². The van der Waals surface area contributed by atoms with Gasteiger partial charge in [0.2, 0.25) is 0 Å². The number of rotatable bonds is 5. The first-order valence-electron chi connectivity index (χ1n) is 6.47. The lowest BCUT2D eigenvalue weighted by Crippen LogP contribution is -2.30. The van der Waals surface area contributed by atoms with E-state index in [1.165, 1.54) is 12.5 Å². The molecule has 5 heteroatoms. The van der Waals surface area contributed by atoms with E-state index in [0.29, 0.717) is 18.5 Å². The molecule has 106 valence electrons. The third-order valence-corrected chi connectivity index (χ3v) is 3.02. The number of para-hydroxylation sites is 1. The van der Waals surface area contributed by atoms with E-state index in [1.54, 1.807) is 6.07 Å². The molecule has 20 heavy (non-hydrogen) atoms. The van der Waals surface area contributed by atoms with E-state index in [1.807, 2.05) is 31.2 Å². The molecule has 0 aliphatic carbocycles. The molecule has 0 radical (unpaired) electrons. The second-order valence-corrected chi connectivity index (χ2v) is 4.56. The van der Waals surface area contributed by atoms with Crippen molar-refractivity contribution >= 4 is 11.7 Å². The maximum absolute atomic E-state index is 11.7. The van der Waals surface area contributed by atoms with Gasteiger partial charge in [0.25, 0.3) is 0 Å². The summed E-state index contributed by atoms with van der Waals surface area (Å²) in [5, 5.41) is 15.3. The summed E-state index contributed by atoms with van der Waals surface area (Å²) in [4.78, 5) is 11.7. The summed E-state index contributed by atoms with van der Waals surface area (Å²) in [6.07, 6.45) is 2.81. The Labute approximate surface area is 117 Å². The van der Waals surface area contributed by atoms with Crippen molar-refractivity contribution in [2.24, 2.45) is 0 Å². The number of aliphatic hydroxyl groups excluding tert-OH is 1. The lowest BCUT2D eigenvalue weighted by molar-refractivity contribution is 0.166. The SMILES string of the molecule is Cc1ccccc1NC(=O)NCC[C@@H](O)c1ccoc1. The zero-order valence-electron chi connectivity index (χ0n) is 11.3. The van der Waals surface area contributed by atoms with E-state index < -0.39 is 6.10 Å². The summed E-state index contributed by atoms with van der Waals surface area (Å²) in [5.41, 5.74) is 2.49. The van der Waals surface area contributed by atoms with Gasteiger partial charge in [-0.1, -0.05) is 18.2 Å². The molecule has 0 saturated heterocycles. The molecule has 2 amide bonds. The highest BCUT2D eigenvalue weighted by Gasteiger charge is 2.09. The van der Waals surface area contributed by atoms with E-state index in [9.17, 15) is 9.90 Å². The molecule has 5 nitrogen and oxygen atoms in total. The molecule has 1 aromatic heterocycles. The summed E-state index contributed by atoms with van der Waals surface area (Å²) in [7, 11) is 0. The zero-order valence-corrected chi connectivity index (χ0v) is 11.3. The number of benzene rings is 1. The number of nitrogens with one attached hydrogen (secondary N) is 2. The minimum Gasteiger partial charge on any atom is -0.472 e. The van der Waals surface area contributed by atoms with Crippen molar-refractivity contribution in [2.75, 3.05) is 11.9 Å². The average Bonchev–Trinajstić information content (AvgIpc) is 2.95. The number of carbonyl (C=O) groups is 1. The van der Waals surface area contributed by atoms with Crippen LogP contribution in [0.15, 0.2) is 47.3 Å². The van der Waals surface area contributed by atoms with Crippen molar-refractivity contribution in [3.05, 3.63) is 54.0 Å². The van der Waals surface area contributed by atoms with Crippen molar-refractivity contribution < 1.29 is 14.3 Å². The molecule has 3 N–H and O–H groups in total. The molecule has 0 saturated carbocycles. The molecule has 2 rings (SSSR count). The minimum absolute atomic E-state index is 0.279. The van der Waals surface area contributed by atoms with Crippen LogP contribution in [0.25, 0.3) is 0 Å². The van der Waals surface area contributed by atoms with Crippen molar-refractivity contribution in [2.45, 2.75) is 19.4 Å². The Bertz CT molecular complexity index is 552. The molecule has 0 unspecified atom stereocenters. The van der Waals surface area contributed by atoms with Crippen molar-refractivity contribution in [3.8, 4) is 0 Å². The third-order valence-electron chi connectivity index (χ3n) is 3.02. The first-order valence-corrected chi connectivity index (χ1v) is 6.47. The van der Waals surface area contributed by atoms with Crippen LogP contribution in [-0.4, -0.2) is 17.7 Å². The summed E-state index contributed by atoms with van der Waals surface area (Å²) < 4.78 is 4.90. The second-order valence-electron chi connectivity index (χ2n) is 4.56. The topological polar surface area (TPSA) is 74.5 Å². The van der Waals surface area contributed by atoms with Gasteiger partial charge in [-0.05, 0) is 31.0 Å². The second kappa shape index (κ2) is 6.77. The molecule has 1 aromatic carbocycles. The fraction of sp³-hybridized carbons (Fsp3) is 0.267. The number of hydrogen-bond donors (Lipinski definition) is 3. The summed E-state index contributed by atoms with van der Waals surface area (Å²) in [5.74, 6) is 0. The van der Waals surface area contributed by atoms with Crippen LogP contribution in [0.3, 0.4) is 0 Å². The molecule has 0 fully saturated rings. The third kappa shape index (κ3) is 3.86. The van der Waals surface area contributed by atoms with E-state index in [4.69, 9.17) is 4.42 Å². The maximum Gasteiger partial charge on any atom is 0.319 e. The summed E-state index contributed by atoms with van der Waals surface area (Å²) in [6, 6.07) is 8.98. The number of aryl methyl sites for hydroxylation is 1. The molecule has 0 aliphatic heterocycles. The highest BCUT2D eigenvalue weighted by atomic mass is 16.3. The van der Waals surface area contributed by atoms with Crippen LogP contribution in [0.2, 0.25) is 0 Å². The van der Waals surface area contributed by atoms with E-state index in [2.05, 4.69) is 10.6 Å². The molecule has 0 bridgehead atoms. The van der Waals surface area contributed by atoms with Gasteiger partial charge in [0.05, 0.1) is 18.6 Å². The predicted molar refractivity (Wildman–Crippen MR) is 76.5 cm³/mol. The first-order chi connectivity index (χ1) is 9.66. The Hall–Kier alpha value is -2.27. The molecule has 0 spiro atoms. The molecular formula is C15H18N2O3. The molecule has 1 atom stereocenters. The Kier molecular flexibility index (Phi) is 4.79. The fourth-order valence-electron chi connectivity index (χ4n) is 1.83. The maximum atomic E-state index is 11.7. The summed E-state index contributed by atoms with van der Waals surface area (Å²) in [6.45, 7) is 2.31. The number of aliphatic hydroxyl groups is 1. The summed E-state index contributed by atoms with van der Waals surface area (Å²) >= 11 is 0. The standard InChI is InChI=1S/C15H18N2O3/c1-11-4-2-3-5-13(11)17-15(19)16-8-6-14(18)12-7-9-20-10-12/h2-5,7,9-10,14,18H,6,8H2,1H3,(H2,16,17,19)/t14-/m1/s1. The lowest BCUT2D eigenvalue weighted by atomic mass is 10.1. The number of amides is 2. The van der Waals surface area contributed by atoms with Gasteiger partial charge in [0.1, 0.15) is 0 Å². The highest BCUT2D eigenvalue weighted by Crippen LogP contribution is 2.16. The molecule has 2 aromatic rings. The van der Waals surface area contributed by atoms with Crippen LogP contribution >= 0.6 is 0 Å².